The summed E-state index contributed by atoms with van der Waals surface area (Å²) >= 11 is 3.00. The van der Waals surface area contributed by atoms with Gasteiger partial charge in [-0.3, -0.25) is 19.1 Å². The first-order valence-corrected chi connectivity index (χ1v) is 11.2. The molecule has 0 saturated carbocycles. The van der Waals surface area contributed by atoms with Gasteiger partial charge >= 0.3 is 0 Å². The van der Waals surface area contributed by atoms with Crippen molar-refractivity contribution in [3.63, 3.8) is 0 Å². The molecule has 0 aliphatic rings. The molecule has 2 N–H and O–H groups in total. The Morgan fingerprint density at radius 3 is 2.77 bits per heavy atom. The largest absolute Gasteiger partial charge is 0.366 e. The fourth-order valence-electron chi connectivity index (χ4n) is 3.17. The highest BCUT2D eigenvalue weighted by atomic mass is 32.2. The van der Waals surface area contributed by atoms with E-state index in [2.05, 4.69) is 4.98 Å². The van der Waals surface area contributed by atoms with Gasteiger partial charge in [-0.05, 0) is 49.2 Å². The molecule has 30 heavy (non-hydrogen) atoms. The first-order valence-electron chi connectivity index (χ1n) is 9.36. The number of rotatable bonds is 6. The summed E-state index contributed by atoms with van der Waals surface area (Å²) in [6.07, 6.45) is 1.72. The van der Waals surface area contributed by atoms with Gasteiger partial charge in [-0.2, -0.15) is 0 Å². The molecule has 3 aromatic heterocycles. The molecule has 0 unspecified atom stereocenters. The molecule has 0 saturated heterocycles. The molecule has 152 valence electrons. The van der Waals surface area contributed by atoms with Crippen molar-refractivity contribution in [1.29, 1.82) is 0 Å². The number of aromatic nitrogens is 3. The first kappa shape index (κ1) is 20.3. The molecule has 4 aromatic rings. The van der Waals surface area contributed by atoms with E-state index in [0.29, 0.717) is 28.4 Å². The van der Waals surface area contributed by atoms with Crippen molar-refractivity contribution in [2.45, 2.75) is 31.3 Å². The highest BCUT2D eigenvalue weighted by Crippen LogP contribution is 2.29. The van der Waals surface area contributed by atoms with Crippen molar-refractivity contribution in [3.05, 3.63) is 86.3 Å². The minimum Gasteiger partial charge on any atom is -0.366 e. The number of benzene rings is 1. The van der Waals surface area contributed by atoms with Crippen LogP contribution in [0.2, 0.25) is 0 Å². The highest BCUT2D eigenvalue weighted by molar-refractivity contribution is 7.98. The molecule has 0 aliphatic carbocycles. The van der Waals surface area contributed by atoms with E-state index < -0.39 is 5.91 Å². The van der Waals surface area contributed by atoms with E-state index in [1.165, 1.54) is 23.1 Å². The van der Waals surface area contributed by atoms with Crippen molar-refractivity contribution in [1.82, 2.24) is 14.5 Å². The molecular weight excluding hydrogens is 416 g/mol. The first-order chi connectivity index (χ1) is 14.4. The molecule has 0 radical (unpaired) electrons. The van der Waals surface area contributed by atoms with Crippen molar-refractivity contribution < 1.29 is 4.79 Å². The van der Waals surface area contributed by atoms with Gasteiger partial charge in [0.2, 0.25) is 5.91 Å². The van der Waals surface area contributed by atoms with Crippen LogP contribution in [0.15, 0.2) is 58.6 Å². The number of carbonyl (C=O) groups is 1. The van der Waals surface area contributed by atoms with Crippen LogP contribution >= 0.6 is 23.1 Å². The fraction of sp³-hybridized carbons (Fsp3) is 0.182. The lowest BCUT2D eigenvalue weighted by Crippen LogP contribution is -2.24. The van der Waals surface area contributed by atoms with Gasteiger partial charge in [-0.15, -0.1) is 11.3 Å². The maximum atomic E-state index is 13.4. The van der Waals surface area contributed by atoms with Crippen LogP contribution in [0.4, 0.5) is 0 Å². The predicted molar refractivity (Wildman–Crippen MR) is 121 cm³/mol. The standard InChI is InChI=1S/C22H20N4O2S2/c1-13-14(2)30-20-18(13)21(28)26(11-17-8-3-4-9-24-17)22(25-20)29-12-15-6-5-7-16(10-15)19(23)27/h3-10H,11-12H2,1-2H3,(H2,23,27). The monoisotopic (exact) mass is 436 g/mol. The zero-order valence-electron chi connectivity index (χ0n) is 16.6. The Hall–Kier alpha value is -2.97. The average molecular weight is 437 g/mol. The summed E-state index contributed by atoms with van der Waals surface area (Å²) in [4.78, 5) is 35.9. The van der Waals surface area contributed by atoms with Gasteiger partial charge < -0.3 is 5.73 Å². The Labute approximate surface area is 181 Å². The van der Waals surface area contributed by atoms with E-state index in [0.717, 1.165) is 26.5 Å². The number of carbonyl (C=O) groups excluding carboxylic acids is 1. The Balaban J connectivity index is 1.75. The van der Waals surface area contributed by atoms with Crippen LogP contribution in [-0.2, 0) is 12.3 Å². The normalized spacial score (nSPS) is 11.1. The molecule has 0 atom stereocenters. The second-order valence-corrected chi connectivity index (χ2v) is 9.07. The minimum absolute atomic E-state index is 0.0547. The lowest BCUT2D eigenvalue weighted by atomic mass is 10.1. The zero-order chi connectivity index (χ0) is 21.3. The molecule has 1 amide bonds. The quantitative estimate of drug-likeness (QED) is 0.366. The average Bonchev–Trinajstić information content (AvgIpc) is 3.03. The maximum absolute atomic E-state index is 13.4. The SMILES string of the molecule is Cc1sc2nc(SCc3cccc(C(N)=O)c3)n(Cc3ccccn3)c(=O)c2c1C. The summed E-state index contributed by atoms with van der Waals surface area (Å²) in [6.45, 7) is 4.32. The predicted octanol–water partition coefficient (Wildman–Crippen LogP) is 3.91. The number of primary amides is 1. The third-order valence-corrected chi connectivity index (χ3v) is 7.03. The van der Waals surface area contributed by atoms with Crippen molar-refractivity contribution in [2.75, 3.05) is 0 Å². The van der Waals surface area contributed by atoms with Gasteiger partial charge in [0.25, 0.3) is 5.56 Å². The number of amides is 1. The van der Waals surface area contributed by atoms with Gasteiger partial charge in [0.05, 0.1) is 17.6 Å². The summed E-state index contributed by atoms with van der Waals surface area (Å²) in [5.41, 5.74) is 8.51. The molecule has 0 fully saturated rings. The van der Waals surface area contributed by atoms with Gasteiger partial charge in [0.15, 0.2) is 5.16 Å². The van der Waals surface area contributed by atoms with E-state index in [-0.39, 0.29) is 5.56 Å². The highest BCUT2D eigenvalue weighted by Gasteiger charge is 2.17. The fourth-order valence-corrected chi connectivity index (χ4v) is 5.19. The Morgan fingerprint density at radius 2 is 2.03 bits per heavy atom. The van der Waals surface area contributed by atoms with Crippen LogP contribution in [-0.4, -0.2) is 20.4 Å². The maximum Gasteiger partial charge on any atom is 0.263 e. The summed E-state index contributed by atoms with van der Waals surface area (Å²) < 4.78 is 1.69. The molecule has 0 bridgehead atoms. The number of thiophene rings is 1. The van der Waals surface area contributed by atoms with Crippen molar-refractivity contribution >= 4 is 39.2 Å². The molecule has 0 spiro atoms. The topological polar surface area (TPSA) is 90.9 Å². The van der Waals surface area contributed by atoms with Crippen molar-refractivity contribution in [3.8, 4) is 0 Å². The number of thioether (sulfide) groups is 1. The Morgan fingerprint density at radius 1 is 1.20 bits per heavy atom. The lowest BCUT2D eigenvalue weighted by Gasteiger charge is -2.12. The third kappa shape index (κ3) is 4.01. The number of aryl methyl sites for hydroxylation is 2. The van der Waals surface area contributed by atoms with Crippen LogP contribution in [0.1, 0.15) is 32.1 Å². The summed E-state index contributed by atoms with van der Waals surface area (Å²) in [7, 11) is 0. The van der Waals surface area contributed by atoms with E-state index in [4.69, 9.17) is 10.7 Å². The van der Waals surface area contributed by atoms with E-state index in [1.807, 2.05) is 38.1 Å². The smallest absolute Gasteiger partial charge is 0.263 e. The molecule has 8 heteroatoms. The third-order valence-electron chi connectivity index (χ3n) is 4.88. The van der Waals surface area contributed by atoms with E-state index in [1.54, 1.807) is 29.0 Å². The van der Waals surface area contributed by atoms with Gasteiger partial charge in [0, 0.05) is 22.4 Å². The van der Waals surface area contributed by atoms with Crippen LogP contribution in [0.3, 0.4) is 0 Å². The van der Waals surface area contributed by atoms with Crippen LogP contribution in [0, 0.1) is 13.8 Å². The Kier molecular flexibility index (Phi) is 5.69. The van der Waals surface area contributed by atoms with Crippen LogP contribution in [0.5, 0.6) is 0 Å². The second-order valence-electron chi connectivity index (χ2n) is 6.92. The van der Waals surface area contributed by atoms with Gasteiger partial charge in [-0.25, -0.2) is 4.98 Å². The Bertz CT molecular complexity index is 1300. The number of fused-ring (bicyclic) bond motifs is 1. The number of nitrogens with two attached hydrogens (primary N) is 1. The zero-order valence-corrected chi connectivity index (χ0v) is 18.2. The molecule has 4 rings (SSSR count). The minimum atomic E-state index is -0.460. The summed E-state index contributed by atoms with van der Waals surface area (Å²) in [5.74, 6) is 0.0999. The number of hydrogen-bond acceptors (Lipinski definition) is 6. The van der Waals surface area contributed by atoms with Gasteiger partial charge in [-0.1, -0.05) is 30.0 Å². The molecule has 6 nitrogen and oxygen atoms in total. The lowest BCUT2D eigenvalue weighted by molar-refractivity contribution is 0.1000. The number of nitrogens with zero attached hydrogens (tertiary/aromatic N) is 3. The molecule has 3 heterocycles. The van der Waals surface area contributed by atoms with Gasteiger partial charge in [0.1, 0.15) is 4.83 Å². The molecular formula is C22H20N4O2S2. The number of pyridine rings is 1. The summed E-state index contributed by atoms with van der Waals surface area (Å²) in [6, 6.07) is 12.8. The second kappa shape index (κ2) is 8.41. The summed E-state index contributed by atoms with van der Waals surface area (Å²) in [5, 5.41) is 1.30. The molecule has 0 aliphatic heterocycles. The van der Waals surface area contributed by atoms with E-state index in [9.17, 15) is 9.59 Å². The van der Waals surface area contributed by atoms with Crippen LogP contribution in [0.25, 0.3) is 10.2 Å². The number of hydrogen-bond donors (Lipinski definition) is 1. The molecule has 1 aromatic carbocycles. The van der Waals surface area contributed by atoms with E-state index >= 15 is 0 Å². The van der Waals surface area contributed by atoms with Crippen molar-refractivity contribution in [2.24, 2.45) is 5.73 Å². The van der Waals surface area contributed by atoms with Crippen LogP contribution < -0.4 is 11.3 Å².